The van der Waals surface area contributed by atoms with Gasteiger partial charge in [0.1, 0.15) is 6.04 Å². The van der Waals surface area contributed by atoms with E-state index in [0.29, 0.717) is 18.7 Å². The van der Waals surface area contributed by atoms with E-state index in [1.54, 1.807) is 36.2 Å². The lowest BCUT2D eigenvalue weighted by Crippen LogP contribution is -2.35. The second-order valence-electron chi connectivity index (χ2n) is 4.88. The van der Waals surface area contributed by atoms with Crippen molar-refractivity contribution in [3.8, 4) is 0 Å². The second-order valence-corrected chi connectivity index (χ2v) is 5.87. The highest BCUT2D eigenvalue weighted by atomic mass is 32.2. The summed E-state index contributed by atoms with van der Waals surface area (Å²) in [7, 11) is 0. The number of hydrogen-bond donors (Lipinski definition) is 1. The predicted molar refractivity (Wildman–Crippen MR) is 89.0 cm³/mol. The normalized spacial score (nSPS) is 11.7. The minimum atomic E-state index is -0.739. The maximum absolute atomic E-state index is 12.4. The molecule has 0 aliphatic carbocycles. The summed E-state index contributed by atoms with van der Waals surface area (Å²) in [6.07, 6.45) is 6.01. The fourth-order valence-electron chi connectivity index (χ4n) is 1.87. The van der Waals surface area contributed by atoms with Crippen molar-refractivity contribution in [2.24, 2.45) is 0 Å². The fourth-order valence-corrected chi connectivity index (χ4v) is 2.30. The number of amides is 1. The summed E-state index contributed by atoms with van der Waals surface area (Å²) in [5.41, 5.74) is 0.545. The number of carbonyl (C=O) groups is 2. The molecule has 1 rings (SSSR count). The molecule has 122 valence electrons. The van der Waals surface area contributed by atoms with Crippen LogP contribution in [-0.4, -0.2) is 35.5 Å². The minimum Gasteiger partial charge on any atom is -0.450 e. The maximum Gasteiger partial charge on any atom is 0.408 e. The maximum atomic E-state index is 12.4. The lowest BCUT2D eigenvalue weighted by Gasteiger charge is -2.17. The van der Waals surface area contributed by atoms with Crippen LogP contribution in [0.15, 0.2) is 24.4 Å². The smallest absolute Gasteiger partial charge is 0.408 e. The van der Waals surface area contributed by atoms with Gasteiger partial charge in [0.15, 0.2) is 5.78 Å². The Morgan fingerprint density at radius 1 is 1.36 bits per heavy atom. The summed E-state index contributed by atoms with van der Waals surface area (Å²) < 4.78 is 5.08. The van der Waals surface area contributed by atoms with Crippen molar-refractivity contribution in [1.82, 2.24) is 10.3 Å². The number of ketones is 1. The summed E-state index contributed by atoms with van der Waals surface area (Å²) in [6, 6.07) is 4.58. The number of pyridine rings is 1. The van der Waals surface area contributed by atoms with Crippen molar-refractivity contribution < 1.29 is 14.3 Å². The molecular weight excluding hydrogens is 300 g/mol. The number of Topliss-reactive ketones (excluding diaryl/α,β-unsaturated/α-hetero) is 1. The Hall–Kier alpha value is -1.56. The second kappa shape index (κ2) is 11.1. The Labute approximate surface area is 136 Å². The molecule has 1 N–H and O–H groups in total. The Kier molecular flexibility index (Phi) is 9.30. The molecule has 0 spiro atoms. The summed E-state index contributed by atoms with van der Waals surface area (Å²) in [6.45, 7) is 2.38. The van der Waals surface area contributed by atoms with Crippen LogP contribution < -0.4 is 5.32 Å². The zero-order chi connectivity index (χ0) is 16.2. The zero-order valence-corrected chi connectivity index (χ0v) is 14.0. The monoisotopic (exact) mass is 324 g/mol. The van der Waals surface area contributed by atoms with Gasteiger partial charge in [-0.1, -0.05) is 19.4 Å². The van der Waals surface area contributed by atoms with Crippen LogP contribution in [0.25, 0.3) is 0 Å². The van der Waals surface area contributed by atoms with Crippen molar-refractivity contribution in [3.05, 3.63) is 30.1 Å². The average Bonchev–Trinajstić information content (AvgIpc) is 2.54. The summed E-state index contributed by atoms with van der Waals surface area (Å²) in [4.78, 5) is 28.4. The quantitative estimate of drug-likeness (QED) is 0.668. The van der Waals surface area contributed by atoms with Gasteiger partial charge >= 0.3 is 6.09 Å². The number of alkyl carbamates (subject to hydrolysis) is 1. The van der Waals surface area contributed by atoms with E-state index in [9.17, 15) is 9.59 Å². The van der Waals surface area contributed by atoms with E-state index in [-0.39, 0.29) is 5.78 Å². The first kappa shape index (κ1) is 18.5. The standard InChI is InChI=1S/C16H24N2O3S/c1-3-4-11-21-16(20)18-15(13-8-5-6-10-17-13)14(19)9-7-12-22-2/h5-6,8,10,15H,3-4,7,9,11-12H2,1-2H3,(H,18,20). The lowest BCUT2D eigenvalue weighted by atomic mass is 10.0. The Bertz CT molecular complexity index is 454. The van der Waals surface area contributed by atoms with E-state index in [1.165, 1.54) is 0 Å². The van der Waals surface area contributed by atoms with Crippen LogP contribution in [0.4, 0.5) is 4.79 Å². The van der Waals surface area contributed by atoms with Gasteiger partial charge < -0.3 is 10.1 Å². The van der Waals surface area contributed by atoms with Crippen LogP contribution >= 0.6 is 11.8 Å². The third kappa shape index (κ3) is 6.93. The number of nitrogens with zero attached hydrogens (tertiary/aromatic N) is 1. The Balaban J connectivity index is 2.66. The van der Waals surface area contributed by atoms with Crippen molar-refractivity contribution in [2.75, 3.05) is 18.6 Å². The first-order chi connectivity index (χ1) is 10.7. The zero-order valence-electron chi connectivity index (χ0n) is 13.2. The lowest BCUT2D eigenvalue weighted by molar-refractivity contribution is -0.121. The topological polar surface area (TPSA) is 68.3 Å². The van der Waals surface area contributed by atoms with Crippen molar-refractivity contribution in [1.29, 1.82) is 0 Å². The van der Waals surface area contributed by atoms with E-state index in [4.69, 9.17) is 4.74 Å². The highest BCUT2D eigenvalue weighted by Gasteiger charge is 2.23. The molecule has 0 saturated heterocycles. The number of nitrogens with one attached hydrogen (secondary N) is 1. The van der Waals surface area contributed by atoms with Gasteiger partial charge in [-0.15, -0.1) is 0 Å². The molecule has 0 radical (unpaired) electrons. The molecule has 1 unspecified atom stereocenters. The van der Waals surface area contributed by atoms with Crippen molar-refractivity contribution in [2.45, 2.75) is 38.6 Å². The number of ether oxygens (including phenoxy) is 1. The van der Waals surface area contributed by atoms with Gasteiger partial charge in [0.2, 0.25) is 0 Å². The predicted octanol–water partition coefficient (Wildman–Crippen LogP) is 3.36. The number of unbranched alkanes of at least 4 members (excludes halogenated alkanes) is 1. The van der Waals surface area contributed by atoms with Crippen LogP contribution in [0.5, 0.6) is 0 Å². The van der Waals surface area contributed by atoms with Crippen molar-refractivity contribution >= 4 is 23.6 Å². The van der Waals surface area contributed by atoms with Crippen LogP contribution in [0.3, 0.4) is 0 Å². The largest absolute Gasteiger partial charge is 0.450 e. The molecule has 0 aromatic carbocycles. The minimum absolute atomic E-state index is 0.0415. The van der Waals surface area contributed by atoms with E-state index >= 15 is 0 Å². The van der Waals surface area contributed by atoms with Crippen LogP contribution in [0, 0.1) is 0 Å². The molecule has 0 saturated carbocycles. The number of carbonyl (C=O) groups excluding carboxylic acids is 2. The van der Waals surface area contributed by atoms with Gasteiger partial charge in [0.25, 0.3) is 0 Å². The Morgan fingerprint density at radius 3 is 2.82 bits per heavy atom. The highest BCUT2D eigenvalue weighted by molar-refractivity contribution is 7.98. The molecule has 5 nitrogen and oxygen atoms in total. The summed E-state index contributed by atoms with van der Waals surface area (Å²) in [5.74, 6) is 0.877. The molecule has 1 atom stereocenters. The molecule has 0 fully saturated rings. The summed E-state index contributed by atoms with van der Waals surface area (Å²) in [5, 5.41) is 2.64. The van der Waals surface area contributed by atoms with Crippen LogP contribution in [0.1, 0.15) is 44.3 Å². The number of thioether (sulfide) groups is 1. The first-order valence-electron chi connectivity index (χ1n) is 7.55. The summed E-state index contributed by atoms with van der Waals surface area (Å²) >= 11 is 1.70. The molecule has 1 heterocycles. The molecule has 0 aliphatic heterocycles. The van der Waals surface area contributed by atoms with E-state index < -0.39 is 12.1 Å². The van der Waals surface area contributed by atoms with Gasteiger partial charge in [-0.25, -0.2) is 4.79 Å². The van der Waals surface area contributed by atoms with Gasteiger partial charge in [0, 0.05) is 12.6 Å². The van der Waals surface area contributed by atoms with Crippen LogP contribution in [0.2, 0.25) is 0 Å². The molecular formula is C16H24N2O3S. The molecule has 0 aliphatic rings. The van der Waals surface area contributed by atoms with E-state index in [1.807, 2.05) is 13.2 Å². The van der Waals surface area contributed by atoms with Crippen molar-refractivity contribution in [3.63, 3.8) is 0 Å². The van der Waals surface area contributed by atoms with Gasteiger partial charge in [-0.3, -0.25) is 9.78 Å². The molecule has 22 heavy (non-hydrogen) atoms. The average molecular weight is 324 g/mol. The van der Waals surface area contributed by atoms with E-state index in [2.05, 4.69) is 10.3 Å². The van der Waals surface area contributed by atoms with Gasteiger partial charge in [-0.05, 0) is 37.0 Å². The number of rotatable bonds is 10. The molecule has 1 aromatic rings. The molecule has 0 bridgehead atoms. The molecule has 6 heteroatoms. The number of aromatic nitrogens is 1. The van der Waals surface area contributed by atoms with Crippen LogP contribution in [-0.2, 0) is 9.53 Å². The third-order valence-electron chi connectivity index (χ3n) is 3.07. The first-order valence-corrected chi connectivity index (χ1v) is 8.94. The molecule has 1 aromatic heterocycles. The molecule has 1 amide bonds. The SMILES string of the molecule is CCCCOC(=O)NC(C(=O)CCCSC)c1ccccn1. The fraction of sp³-hybridized carbons (Fsp3) is 0.562. The number of hydrogen-bond acceptors (Lipinski definition) is 5. The van der Waals surface area contributed by atoms with E-state index in [0.717, 1.165) is 25.0 Å². The van der Waals surface area contributed by atoms with Gasteiger partial charge in [-0.2, -0.15) is 11.8 Å². The van der Waals surface area contributed by atoms with Gasteiger partial charge in [0.05, 0.1) is 12.3 Å². The third-order valence-corrected chi connectivity index (χ3v) is 3.77. The highest BCUT2D eigenvalue weighted by Crippen LogP contribution is 2.15. The Morgan fingerprint density at radius 2 is 2.18 bits per heavy atom.